The summed E-state index contributed by atoms with van der Waals surface area (Å²) in [5.74, 6) is -0.0297. The first kappa shape index (κ1) is 16.2. The summed E-state index contributed by atoms with van der Waals surface area (Å²) in [5.41, 5.74) is 7.53. The van der Waals surface area contributed by atoms with Crippen LogP contribution in [0.25, 0.3) is 0 Å². The van der Waals surface area contributed by atoms with Gasteiger partial charge in [-0.3, -0.25) is 9.69 Å². The predicted octanol–water partition coefficient (Wildman–Crippen LogP) is 1.16. The van der Waals surface area contributed by atoms with Crippen LogP contribution in [0.3, 0.4) is 0 Å². The first-order chi connectivity index (χ1) is 9.99. The summed E-state index contributed by atoms with van der Waals surface area (Å²) in [6.45, 7) is 5.58. The number of benzene rings is 1. The molecule has 1 aliphatic rings. The third kappa shape index (κ3) is 4.41. The zero-order valence-corrected chi connectivity index (χ0v) is 13.4. The minimum absolute atomic E-state index is 0.0297. The minimum Gasteiger partial charge on any atom is -0.329 e. The van der Waals surface area contributed by atoms with E-state index >= 15 is 0 Å². The number of carbonyl (C=O) groups excluding carboxylic acids is 1. The second kappa shape index (κ2) is 7.22. The fourth-order valence-electron chi connectivity index (χ4n) is 2.54. The molecular formula is C15H23ClN4O. The number of carbonyl (C=O) groups is 1. The summed E-state index contributed by atoms with van der Waals surface area (Å²) in [6, 6.07) is 5.77. The van der Waals surface area contributed by atoms with Gasteiger partial charge in [0.15, 0.2) is 0 Å². The number of nitrogens with zero attached hydrogens (tertiary/aromatic N) is 2. The van der Waals surface area contributed by atoms with Gasteiger partial charge in [0.25, 0.3) is 0 Å². The maximum Gasteiger partial charge on any atom is 0.238 e. The van der Waals surface area contributed by atoms with E-state index in [1.165, 1.54) is 0 Å². The predicted molar refractivity (Wildman–Crippen MR) is 86.7 cm³/mol. The molecule has 5 nitrogen and oxygen atoms in total. The molecule has 0 radical (unpaired) electrons. The smallest absolute Gasteiger partial charge is 0.238 e. The van der Waals surface area contributed by atoms with E-state index in [0.717, 1.165) is 30.9 Å². The van der Waals surface area contributed by atoms with Gasteiger partial charge in [-0.05, 0) is 31.7 Å². The molecule has 2 rings (SSSR count). The number of rotatable bonds is 4. The van der Waals surface area contributed by atoms with Crippen molar-refractivity contribution in [3.8, 4) is 0 Å². The quantitative estimate of drug-likeness (QED) is 0.876. The van der Waals surface area contributed by atoms with Crippen LogP contribution in [0.4, 0.5) is 5.69 Å². The first-order valence-corrected chi connectivity index (χ1v) is 7.56. The van der Waals surface area contributed by atoms with Gasteiger partial charge in [0, 0.05) is 42.9 Å². The van der Waals surface area contributed by atoms with E-state index in [1.807, 2.05) is 19.1 Å². The number of anilines is 1. The molecule has 3 N–H and O–H groups in total. The van der Waals surface area contributed by atoms with Crippen LogP contribution in [0.5, 0.6) is 0 Å². The molecule has 116 valence electrons. The SMILES string of the molecule is Cc1ccc(NC(=O)CN2CCN(C)CC2CN)cc1Cl. The maximum absolute atomic E-state index is 12.2. The number of nitrogens with one attached hydrogen (secondary N) is 1. The van der Waals surface area contributed by atoms with Crippen LogP contribution in [0.1, 0.15) is 5.56 Å². The Hall–Kier alpha value is -1.14. The van der Waals surface area contributed by atoms with E-state index in [-0.39, 0.29) is 11.9 Å². The molecule has 1 amide bonds. The molecule has 6 heteroatoms. The molecule has 1 atom stereocenters. The number of aryl methyl sites for hydroxylation is 1. The fraction of sp³-hybridized carbons (Fsp3) is 0.533. The lowest BCUT2D eigenvalue weighted by molar-refractivity contribution is -0.118. The number of halogens is 1. The lowest BCUT2D eigenvalue weighted by Crippen LogP contribution is -2.56. The van der Waals surface area contributed by atoms with Gasteiger partial charge in [-0.2, -0.15) is 0 Å². The fourth-order valence-corrected chi connectivity index (χ4v) is 2.72. The highest BCUT2D eigenvalue weighted by Gasteiger charge is 2.25. The summed E-state index contributed by atoms with van der Waals surface area (Å²) in [5, 5.41) is 3.55. The molecule has 1 fully saturated rings. The second-order valence-electron chi connectivity index (χ2n) is 5.63. The van der Waals surface area contributed by atoms with Crippen molar-refractivity contribution >= 4 is 23.2 Å². The molecule has 0 aliphatic carbocycles. The molecule has 0 bridgehead atoms. The van der Waals surface area contributed by atoms with Crippen LogP contribution in [0, 0.1) is 6.92 Å². The summed E-state index contributed by atoms with van der Waals surface area (Å²) >= 11 is 6.07. The molecule has 0 saturated carbocycles. The van der Waals surface area contributed by atoms with Crippen molar-refractivity contribution in [2.24, 2.45) is 5.73 Å². The van der Waals surface area contributed by atoms with Crippen molar-refractivity contribution < 1.29 is 4.79 Å². The van der Waals surface area contributed by atoms with Crippen LogP contribution in [0.15, 0.2) is 18.2 Å². The van der Waals surface area contributed by atoms with E-state index in [2.05, 4.69) is 22.2 Å². The number of nitrogens with two attached hydrogens (primary N) is 1. The van der Waals surface area contributed by atoms with Crippen molar-refractivity contribution in [1.29, 1.82) is 0 Å². The van der Waals surface area contributed by atoms with Crippen LogP contribution < -0.4 is 11.1 Å². The van der Waals surface area contributed by atoms with Gasteiger partial charge in [-0.25, -0.2) is 0 Å². The van der Waals surface area contributed by atoms with Crippen LogP contribution in [-0.4, -0.2) is 61.5 Å². The molecule has 0 aromatic heterocycles. The molecule has 1 heterocycles. The number of piperazine rings is 1. The van der Waals surface area contributed by atoms with Gasteiger partial charge in [-0.15, -0.1) is 0 Å². The standard InChI is InChI=1S/C15H23ClN4O/c1-11-3-4-12(7-14(11)16)18-15(21)10-20-6-5-19(2)9-13(20)8-17/h3-4,7,13H,5-6,8-10,17H2,1-2H3,(H,18,21). The summed E-state index contributed by atoms with van der Waals surface area (Å²) in [6.07, 6.45) is 0. The normalized spacial score (nSPS) is 20.5. The zero-order chi connectivity index (χ0) is 15.4. The molecule has 1 aliphatic heterocycles. The van der Waals surface area contributed by atoms with Crippen molar-refractivity contribution in [3.63, 3.8) is 0 Å². The van der Waals surface area contributed by atoms with E-state index in [0.29, 0.717) is 18.1 Å². The molecule has 21 heavy (non-hydrogen) atoms. The highest BCUT2D eigenvalue weighted by Crippen LogP contribution is 2.20. The molecule has 0 spiro atoms. The Labute approximate surface area is 131 Å². The maximum atomic E-state index is 12.2. The summed E-state index contributed by atoms with van der Waals surface area (Å²) in [7, 11) is 2.08. The van der Waals surface area contributed by atoms with Crippen molar-refractivity contribution in [2.45, 2.75) is 13.0 Å². The van der Waals surface area contributed by atoms with E-state index < -0.39 is 0 Å². The van der Waals surface area contributed by atoms with Gasteiger partial charge < -0.3 is 16.0 Å². The van der Waals surface area contributed by atoms with Gasteiger partial charge in [0.05, 0.1) is 6.54 Å². The first-order valence-electron chi connectivity index (χ1n) is 7.18. The van der Waals surface area contributed by atoms with Gasteiger partial charge in [0.1, 0.15) is 0 Å². The van der Waals surface area contributed by atoms with Gasteiger partial charge in [-0.1, -0.05) is 17.7 Å². The van der Waals surface area contributed by atoms with E-state index in [4.69, 9.17) is 17.3 Å². The van der Waals surface area contributed by atoms with Crippen LogP contribution in [-0.2, 0) is 4.79 Å². The van der Waals surface area contributed by atoms with E-state index in [1.54, 1.807) is 6.07 Å². The zero-order valence-electron chi connectivity index (χ0n) is 12.6. The average molecular weight is 311 g/mol. The number of likely N-dealkylation sites (N-methyl/N-ethyl adjacent to an activating group) is 1. The van der Waals surface area contributed by atoms with Crippen LogP contribution in [0.2, 0.25) is 5.02 Å². The number of hydrogen-bond donors (Lipinski definition) is 2. The third-order valence-corrected chi connectivity index (χ3v) is 4.29. The lowest BCUT2D eigenvalue weighted by atomic mass is 10.1. The Kier molecular flexibility index (Phi) is 5.58. The Balaban J connectivity index is 1.93. The van der Waals surface area contributed by atoms with Crippen molar-refractivity contribution in [1.82, 2.24) is 9.80 Å². The minimum atomic E-state index is -0.0297. The van der Waals surface area contributed by atoms with E-state index in [9.17, 15) is 4.79 Å². The number of amides is 1. The summed E-state index contributed by atoms with van der Waals surface area (Å²) in [4.78, 5) is 16.6. The average Bonchev–Trinajstić information content (AvgIpc) is 2.44. The van der Waals surface area contributed by atoms with Gasteiger partial charge >= 0.3 is 0 Å². The van der Waals surface area contributed by atoms with Crippen molar-refractivity contribution in [3.05, 3.63) is 28.8 Å². The molecule has 1 unspecified atom stereocenters. The number of hydrogen-bond acceptors (Lipinski definition) is 4. The molecule has 1 saturated heterocycles. The highest BCUT2D eigenvalue weighted by molar-refractivity contribution is 6.31. The van der Waals surface area contributed by atoms with Crippen LogP contribution >= 0.6 is 11.6 Å². The molecular weight excluding hydrogens is 288 g/mol. The Morgan fingerprint density at radius 1 is 1.48 bits per heavy atom. The Morgan fingerprint density at radius 2 is 2.24 bits per heavy atom. The third-order valence-electron chi connectivity index (χ3n) is 3.88. The monoisotopic (exact) mass is 310 g/mol. The summed E-state index contributed by atoms with van der Waals surface area (Å²) < 4.78 is 0. The largest absolute Gasteiger partial charge is 0.329 e. The lowest BCUT2D eigenvalue weighted by Gasteiger charge is -2.39. The second-order valence-corrected chi connectivity index (χ2v) is 6.04. The topological polar surface area (TPSA) is 61.6 Å². The van der Waals surface area contributed by atoms with Crippen molar-refractivity contribution in [2.75, 3.05) is 45.1 Å². The molecule has 1 aromatic carbocycles. The Bertz CT molecular complexity index is 508. The Morgan fingerprint density at radius 3 is 2.90 bits per heavy atom. The highest BCUT2D eigenvalue weighted by atomic mass is 35.5. The molecule has 1 aromatic rings. The van der Waals surface area contributed by atoms with Gasteiger partial charge in [0.2, 0.25) is 5.91 Å².